The largest absolute Gasteiger partial charge is 0.271 e. The number of nitrogens with two attached hydrogens (primary N) is 1. The van der Waals surface area contributed by atoms with Gasteiger partial charge in [-0.3, -0.25) is 11.3 Å². The first-order chi connectivity index (χ1) is 6.88. The molecule has 0 aliphatic heterocycles. The summed E-state index contributed by atoms with van der Waals surface area (Å²) in [5.74, 6) is 6.50. The van der Waals surface area contributed by atoms with Crippen molar-refractivity contribution in [1.82, 2.24) is 5.43 Å². The predicted molar refractivity (Wildman–Crippen MR) is 61.1 cm³/mol. The predicted octanol–water partition coefficient (Wildman–Crippen LogP) is 2.31. The highest BCUT2D eigenvalue weighted by molar-refractivity contribution is 7.07. The van der Waals surface area contributed by atoms with E-state index in [1.165, 1.54) is 31.2 Å². The number of rotatable bonds is 5. The molecule has 1 aliphatic rings. The van der Waals surface area contributed by atoms with Crippen LogP contribution >= 0.6 is 11.3 Å². The van der Waals surface area contributed by atoms with Crippen molar-refractivity contribution >= 4 is 11.3 Å². The molecule has 0 radical (unpaired) electrons. The van der Waals surface area contributed by atoms with E-state index in [0.717, 1.165) is 12.3 Å². The summed E-state index contributed by atoms with van der Waals surface area (Å²) in [7, 11) is 0. The Labute approximate surface area is 89.5 Å². The van der Waals surface area contributed by atoms with Crippen molar-refractivity contribution in [3.8, 4) is 0 Å². The molecule has 1 fully saturated rings. The van der Waals surface area contributed by atoms with Crippen molar-refractivity contribution in [3.05, 3.63) is 22.4 Å². The van der Waals surface area contributed by atoms with Gasteiger partial charge in [0.25, 0.3) is 0 Å². The Kier molecular flexibility index (Phi) is 3.56. The first-order valence-corrected chi connectivity index (χ1v) is 6.30. The van der Waals surface area contributed by atoms with Crippen LogP contribution in [0, 0.1) is 5.92 Å². The summed E-state index contributed by atoms with van der Waals surface area (Å²) in [6, 6.07) is 2.66. The molecular weight excluding hydrogens is 192 g/mol. The van der Waals surface area contributed by atoms with Crippen LogP contribution in [0.4, 0.5) is 0 Å². The average Bonchev–Trinajstić information content (AvgIpc) is 2.61. The summed E-state index contributed by atoms with van der Waals surface area (Å²) in [6.07, 6.45) is 6.55. The fourth-order valence-corrected chi connectivity index (χ4v) is 2.72. The Balaban J connectivity index is 1.80. The van der Waals surface area contributed by atoms with E-state index < -0.39 is 0 Å². The van der Waals surface area contributed by atoms with E-state index in [2.05, 4.69) is 22.3 Å². The number of hydrogen-bond acceptors (Lipinski definition) is 3. The Hall–Kier alpha value is -0.380. The number of hydrogen-bond donors (Lipinski definition) is 2. The van der Waals surface area contributed by atoms with E-state index in [1.54, 1.807) is 11.3 Å². The molecule has 2 rings (SSSR count). The zero-order valence-corrected chi connectivity index (χ0v) is 9.22. The van der Waals surface area contributed by atoms with Gasteiger partial charge in [-0.15, -0.1) is 0 Å². The maximum atomic E-state index is 5.57. The molecule has 0 aromatic carbocycles. The highest BCUT2D eigenvalue weighted by Crippen LogP contribution is 2.31. The molecule has 1 aromatic rings. The van der Waals surface area contributed by atoms with Crippen LogP contribution in [0.3, 0.4) is 0 Å². The molecule has 14 heavy (non-hydrogen) atoms. The minimum absolute atomic E-state index is 0.467. The normalized spacial score (nSPS) is 19.2. The van der Waals surface area contributed by atoms with Gasteiger partial charge < -0.3 is 0 Å². The molecule has 1 aliphatic carbocycles. The summed E-state index contributed by atoms with van der Waals surface area (Å²) in [6.45, 7) is 0. The summed E-state index contributed by atoms with van der Waals surface area (Å²) in [5.41, 5.74) is 4.36. The van der Waals surface area contributed by atoms with Crippen LogP contribution in [0.25, 0.3) is 0 Å². The average molecular weight is 210 g/mol. The second kappa shape index (κ2) is 4.91. The third-order valence-electron chi connectivity index (χ3n) is 3.14. The fraction of sp³-hybridized carbons (Fsp3) is 0.636. The van der Waals surface area contributed by atoms with Crippen LogP contribution in [-0.4, -0.2) is 6.04 Å². The number of hydrazine groups is 1. The minimum Gasteiger partial charge on any atom is -0.271 e. The first-order valence-electron chi connectivity index (χ1n) is 5.35. The number of thiophene rings is 1. The van der Waals surface area contributed by atoms with E-state index in [9.17, 15) is 0 Å². The third kappa shape index (κ3) is 2.56. The maximum absolute atomic E-state index is 5.57. The fourth-order valence-electron chi connectivity index (χ4n) is 2.03. The van der Waals surface area contributed by atoms with Crippen LogP contribution in [-0.2, 0) is 6.42 Å². The van der Waals surface area contributed by atoms with Gasteiger partial charge >= 0.3 is 0 Å². The third-order valence-corrected chi connectivity index (χ3v) is 3.87. The molecular formula is C11H18N2S. The molecule has 3 heteroatoms. The molecule has 1 unspecified atom stereocenters. The van der Waals surface area contributed by atoms with Gasteiger partial charge in [-0.25, -0.2) is 0 Å². The van der Waals surface area contributed by atoms with Gasteiger partial charge in [-0.05, 0) is 41.1 Å². The monoisotopic (exact) mass is 210 g/mol. The van der Waals surface area contributed by atoms with Gasteiger partial charge in [0.15, 0.2) is 0 Å². The highest BCUT2D eigenvalue weighted by atomic mass is 32.1. The zero-order valence-electron chi connectivity index (χ0n) is 8.41. The second-order valence-corrected chi connectivity index (χ2v) is 5.01. The molecule has 1 heterocycles. The summed E-state index contributed by atoms with van der Waals surface area (Å²) >= 11 is 1.76. The Morgan fingerprint density at radius 3 is 2.93 bits per heavy atom. The topological polar surface area (TPSA) is 38.0 Å². The van der Waals surface area contributed by atoms with Crippen LogP contribution < -0.4 is 11.3 Å². The van der Waals surface area contributed by atoms with Gasteiger partial charge in [0.1, 0.15) is 0 Å². The van der Waals surface area contributed by atoms with Crippen molar-refractivity contribution in [1.29, 1.82) is 0 Å². The SMILES string of the molecule is NNC(Cc1ccsc1)CC1CCC1. The molecule has 0 spiro atoms. The molecule has 0 saturated heterocycles. The van der Waals surface area contributed by atoms with Crippen molar-refractivity contribution in [3.63, 3.8) is 0 Å². The van der Waals surface area contributed by atoms with Crippen molar-refractivity contribution in [2.24, 2.45) is 11.8 Å². The molecule has 1 saturated carbocycles. The lowest BCUT2D eigenvalue weighted by molar-refractivity contribution is 0.259. The lowest BCUT2D eigenvalue weighted by Gasteiger charge is -2.29. The van der Waals surface area contributed by atoms with Crippen LogP contribution in [0.5, 0.6) is 0 Å². The Bertz CT molecular complexity index is 254. The Morgan fingerprint density at radius 2 is 2.43 bits per heavy atom. The van der Waals surface area contributed by atoms with Gasteiger partial charge in [0.2, 0.25) is 0 Å². The molecule has 3 N–H and O–H groups in total. The lowest BCUT2D eigenvalue weighted by Crippen LogP contribution is -2.39. The van der Waals surface area contributed by atoms with Crippen LogP contribution in [0.1, 0.15) is 31.2 Å². The minimum atomic E-state index is 0.467. The molecule has 1 atom stereocenters. The van der Waals surface area contributed by atoms with E-state index >= 15 is 0 Å². The number of nitrogens with one attached hydrogen (secondary N) is 1. The van der Waals surface area contributed by atoms with Crippen molar-refractivity contribution in [2.45, 2.75) is 38.1 Å². The Morgan fingerprint density at radius 1 is 1.57 bits per heavy atom. The lowest BCUT2D eigenvalue weighted by atomic mass is 9.80. The standard InChI is InChI=1S/C11H18N2S/c12-13-11(6-9-2-1-3-9)7-10-4-5-14-8-10/h4-5,8-9,11,13H,1-3,6-7,12H2. The summed E-state index contributed by atoms with van der Waals surface area (Å²) in [5, 5.41) is 4.34. The first kappa shape index (κ1) is 10.1. The maximum Gasteiger partial charge on any atom is 0.0253 e. The quantitative estimate of drug-likeness (QED) is 0.578. The molecule has 78 valence electrons. The molecule has 0 amide bonds. The van der Waals surface area contributed by atoms with Gasteiger partial charge in [0, 0.05) is 6.04 Å². The van der Waals surface area contributed by atoms with Crippen molar-refractivity contribution < 1.29 is 0 Å². The van der Waals surface area contributed by atoms with Gasteiger partial charge in [0.05, 0.1) is 0 Å². The van der Waals surface area contributed by atoms with Crippen molar-refractivity contribution in [2.75, 3.05) is 0 Å². The van der Waals surface area contributed by atoms with Gasteiger partial charge in [-0.2, -0.15) is 11.3 Å². The van der Waals surface area contributed by atoms with E-state index in [1.807, 2.05) is 0 Å². The molecule has 2 nitrogen and oxygen atoms in total. The zero-order chi connectivity index (χ0) is 9.80. The van der Waals surface area contributed by atoms with E-state index in [4.69, 9.17) is 5.84 Å². The molecule has 1 aromatic heterocycles. The van der Waals surface area contributed by atoms with Crippen LogP contribution in [0.2, 0.25) is 0 Å². The summed E-state index contributed by atoms with van der Waals surface area (Å²) in [4.78, 5) is 0. The van der Waals surface area contributed by atoms with E-state index in [-0.39, 0.29) is 0 Å². The summed E-state index contributed by atoms with van der Waals surface area (Å²) < 4.78 is 0. The highest BCUT2D eigenvalue weighted by Gasteiger charge is 2.21. The van der Waals surface area contributed by atoms with Gasteiger partial charge in [-0.1, -0.05) is 19.3 Å². The van der Waals surface area contributed by atoms with Crippen LogP contribution in [0.15, 0.2) is 16.8 Å². The smallest absolute Gasteiger partial charge is 0.0253 e. The molecule has 0 bridgehead atoms. The van der Waals surface area contributed by atoms with E-state index in [0.29, 0.717) is 6.04 Å². The second-order valence-electron chi connectivity index (χ2n) is 4.23.